The Morgan fingerprint density at radius 2 is 1.95 bits per heavy atom. The summed E-state index contributed by atoms with van der Waals surface area (Å²) in [5.74, 6) is 0.389. The molecule has 0 saturated carbocycles. The van der Waals surface area contributed by atoms with Crippen LogP contribution < -0.4 is 5.43 Å². The summed E-state index contributed by atoms with van der Waals surface area (Å²) >= 11 is 11.7. The fourth-order valence-corrected chi connectivity index (χ4v) is 1.93. The van der Waals surface area contributed by atoms with Crippen molar-refractivity contribution in [2.24, 2.45) is 5.10 Å². The van der Waals surface area contributed by atoms with Gasteiger partial charge in [-0.15, -0.1) is 0 Å². The summed E-state index contributed by atoms with van der Waals surface area (Å²) in [6, 6.07) is 7.80. The highest BCUT2D eigenvalue weighted by Gasteiger charge is 2.04. The minimum Gasteiger partial charge on any atom is -0.261 e. The molecule has 0 bridgehead atoms. The minimum atomic E-state index is -0.520. The number of nitrogens with zero attached hydrogens (tertiary/aromatic N) is 3. The standard InChI is InChI=1S/C12H8Cl2N4O2/c13-9-3-8(4-10(14)5-9)6-16-17-12-2-1-11(7-15-12)18(19)20/h1-7H,(H,15,17)/b16-6-. The Bertz CT molecular complexity index is 639. The average Bonchev–Trinajstić information content (AvgIpc) is 2.38. The molecular weight excluding hydrogens is 303 g/mol. The molecule has 102 valence electrons. The first-order valence-electron chi connectivity index (χ1n) is 5.40. The lowest BCUT2D eigenvalue weighted by atomic mass is 10.2. The van der Waals surface area contributed by atoms with Gasteiger partial charge in [0.25, 0.3) is 5.69 Å². The van der Waals surface area contributed by atoms with Crippen molar-refractivity contribution in [3.05, 3.63) is 62.3 Å². The molecule has 0 unspecified atom stereocenters. The van der Waals surface area contributed by atoms with Crippen molar-refractivity contribution in [2.75, 3.05) is 5.43 Å². The van der Waals surface area contributed by atoms with Crippen molar-refractivity contribution in [3.8, 4) is 0 Å². The van der Waals surface area contributed by atoms with Gasteiger partial charge in [-0.1, -0.05) is 23.2 Å². The Hall–Kier alpha value is -2.18. The van der Waals surface area contributed by atoms with Crippen molar-refractivity contribution < 1.29 is 4.92 Å². The third kappa shape index (κ3) is 3.91. The molecule has 1 aromatic carbocycles. The highest BCUT2D eigenvalue weighted by atomic mass is 35.5. The summed E-state index contributed by atoms with van der Waals surface area (Å²) in [5, 5.41) is 15.4. The minimum absolute atomic E-state index is 0.0823. The second-order valence-corrected chi connectivity index (χ2v) is 4.60. The van der Waals surface area contributed by atoms with Crippen LogP contribution in [0.4, 0.5) is 11.5 Å². The molecule has 0 aliphatic rings. The summed E-state index contributed by atoms with van der Waals surface area (Å²) in [4.78, 5) is 13.8. The van der Waals surface area contributed by atoms with Gasteiger partial charge in [0.05, 0.1) is 11.1 Å². The van der Waals surface area contributed by atoms with E-state index in [0.29, 0.717) is 15.9 Å². The molecule has 0 aliphatic carbocycles. The van der Waals surface area contributed by atoms with Gasteiger partial charge in [0.15, 0.2) is 0 Å². The Balaban J connectivity index is 2.04. The third-order valence-electron chi connectivity index (χ3n) is 2.24. The second kappa shape index (κ2) is 6.31. The third-order valence-corrected chi connectivity index (χ3v) is 2.67. The molecule has 0 aliphatic heterocycles. The van der Waals surface area contributed by atoms with Crippen LogP contribution >= 0.6 is 23.2 Å². The van der Waals surface area contributed by atoms with E-state index in [1.54, 1.807) is 18.2 Å². The summed E-state index contributed by atoms with van der Waals surface area (Å²) < 4.78 is 0. The van der Waals surface area contributed by atoms with Crippen molar-refractivity contribution >= 4 is 40.9 Å². The Morgan fingerprint density at radius 1 is 1.25 bits per heavy atom. The number of benzene rings is 1. The summed E-state index contributed by atoms with van der Waals surface area (Å²) in [5.41, 5.74) is 3.28. The van der Waals surface area contributed by atoms with E-state index in [9.17, 15) is 10.1 Å². The quantitative estimate of drug-likeness (QED) is 0.530. The van der Waals surface area contributed by atoms with Gasteiger partial charge in [-0.05, 0) is 29.8 Å². The number of nitrogens with one attached hydrogen (secondary N) is 1. The van der Waals surface area contributed by atoms with E-state index in [4.69, 9.17) is 23.2 Å². The van der Waals surface area contributed by atoms with E-state index in [1.807, 2.05) is 0 Å². The highest BCUT2D eigenvalue weighted by molar-refractivity contribution is 6.35. The van der Waals surface area contributed by atoms with Gasteiger partial charge in [-0.3, -0.25) is 15.5 Å². The van der Waals surface area contributed by atoms with E-state index < -0.39 is 4.92 Å². The molecule has 0 amide bonds. The smallest absolute Gasteiger partial charge is 0.261 e. The number of halogens is 2. The molecule has 1 aromatic heterocycles. The molecule has 8 heteroatoms. The van der Waals surface area contributed by atoms with Crippen molar-refractivity contribution in [1.29, 1.82) is 0 Å². The zero-order valence-electron chi connectivity index (χ0n) is 9.96. The molecule has 20 heavy (non-hydrogen) atoms. The van der Waals surface area contributed by atoms with Gasteiger partial charge in [-0.2, -0.15) is 5.10 Å². The lowest BCUT2D eigenvalue weighted by Gasteiger charge is -1.99. The van der Waals surface area contributed by atoms with Gasteiger partial charge in [0.1, 0.15) is 12.0 Å². The van der Waals surface area contributed by atoms with Crippen LogP contribution in [-0.4, -0.2) is 16.1 Å². The predicted molar refractivity (Wildman–Crippen MR) is 78.6 cm³/mol. The number of hydrogen-bond acceptors (Lipinski definition) is 5. The molecule has 2 aromatic rings. The lowest BCUT2D eigenvalue weighted by molar-refractivity contribution is -0.385. The second-order valence-electron chi connectivity index (χ2n) is 3.73. The maximum Gasteiger partial charge on any atom is 0.287 e. The van der Waals surface area contributed by atoms with Crippen LogP contribution in [0.3, 0.4) is 0 Å². The molecule has 2 rings (SSSR count). The molecule has 6 nitrogen and oxygen atoms in total. The van der Waals surface area contributed by atoms with Gasteiger partial charge in [-0.25, -0.2) is 4.98 Å². The number of hydrogen-bond donors (Lipinski definition) is 1. The summed E-state index contributed by atoms with van der Waals surface area (Å²) in [6.45, 7) is 0. The number of aromatic nitrogens is 1. The number of hydrazone groups is 1. The number of rotatable bonds is 4. The largest absolute Gasteiger partial charge is 0.287 e. The topological polar surface area (TPSA) is 80.4 Å². The first-order chi connectivity index (χ1) is 9.54. The molecule has 0 radical (unpaired) electrons. The van der Waals surface area contributed by atoms with Crippen LogP contribution in [0.2, 0.25) is 10.0 Å². The molecule has 0 saturated heterocycles. The summed E-state index contributed by atoms with van der Waals surface area (Å²) in [7, 11) is 0. The zero-order valence-corrected chi connectivity index (χ0v) is 11.5. The first kappa shape index (κ1) is 14.2. The molecule has 1 N–H and O–H groups in total. The van der Waals surface area contributed by atoms with Gasteiger partial charge >= 0.3 is 0 Å². The van der Waals surface area contributed by atoms with E-state index in [0.717, 1.165) is 11.8 Å². The van der Waals surface area contributed by atoms with E-state index >= 15 is 0 Å². The molecular formula is C12H8Cl2N4O2. The summed E-state index contributed by atoms with van der Waals surface area (Å²) in [6.07, 6.45) is 2.66. The maximum atomic E-state index is 10.5. The van der Waals surface area contributed by atoms with Gasteiger partial charge in [0, 0.05) is 16.1 Å². The van der Waals surface area contributed by atoms with E-state index in [-0.39, 0.29) is 5.69 Å². The molecule has 0 spiro atoms. The normalized spacial score (nSPS) is 10.7. The van der Waals surface area contributed by atoms with Crippen LogP contribution in [0.1, 0.15) is 5.56 Å². The van der Waals surface area contributed by atoms with Crippen molar-refractivity contribution in [1.82, 2.24) is 4.98 Å². The van der Waals surface area contributed by atoms with E-state index in [1.165, 1.54) is 18.3 Å². The van der Waals surface area contributed by atoms with Crippen molar-refractivity contribution in [2.45, 2.75) is 0 Å². The maximum absolute atomic E-state index is 10.5. The number of anilines is 1. The highest BCUT2D eigenvalue weighted by Crippen LogP contribution is 2.18. The molecule has 0 atom stereocenters. The monoisotopic (exact) mass is 310 g/mol. The molecule has 1 heterocycles. The fraction of sp³-hybridized carbons (Fsp3) is 0. The Labute approximate surface area is 124 Å². The molecule has 0 fully saturated rings. The fourth-order valence-electron chi connectivity index (χ4n) is 1.38. The van der Waals surface area contributed by atoms with Crippen LogP contribution in [0.5, 0.6) is 0 Å². The van der Waals surface area contributed by atoms with Gasteiger partial charge in [0.2, 0.25) is 0 Å². The lowest BCUT2D eigenvalue weighted by Crippen LogP contribution is -1.95. The zero-order chi connectivity index (χ0) is 14.5. The van der Waals surface area contributed by atoms with Gasteiger partial charge < -0.3 is 0 Å². The van der Waals surface area contributed by atoms with Crippen LogP contribution in [-0.2, 0) is 0 Å². The Kier molecular flexibility index (Phi) is 4.49. The average molecular weight is 311 g/mol. The predicted octanol–water partition coefficient (Wildman–Crippen LogP) is 3.74. The van der Waals surface area contributed by atoms with Crippen LogP contribution in [0, 0.1) is 10.1 Å². The Morgan fingerprint density at radius 3 is 2.50 bits per heavy atom. The van der Waals surface area contributed by atoms with E-state index in [2.05, 4.69) is 15.5 Å². The SMILES string of the molecule is O=[N+]([O-])c1ccc(N/N=C\c2cc(Cl)cc(Cl)c2)nc1. The first-order valence-corrected chi connectivity index (χ1v) is 6.16. The van der Waals surface area contributed by atoms with Crippen molar-refractivity contribution in [3.63, 3.8) is 0 Å². The van der Waals surface area contributed by atoms with Crippen LogP contribution in [0.15, 0.2) is 41.6 Å². The van der Waals surface area contributed by atoms with Crippen LogP contribution in [0.25, 0.3) is 0 Å². The number of nitro groups is 1. The number of pyridine rings is 1.